The fraction of sp³-hybridized carbons (Fsp3) is 0.444. The molecule has 0 atom stereocenters. The molecule has 1 aromatic carbocycles. The van der Waals surface area contributed by atoms with Gasteiger partial charge in [0.15, 0.2) is 0 Å². The van der Waals surface area contributed by atoms with Crippen molar-refractivity contribution in [3.05, 3.63) is 29.5 Å². The Morgan fingerprint density at radius 2 is 1.88 bits per heavy atom. The van der Waals surface area contributed by atoms with Crippen LogP contribution in [0, 0.1) is 13.8 Å². The Morgan fingerprint density at radius 1 is 1.19 bits per heavy atom. The average molecular weight is 377 g/mol. The van der Waals surface area contributed by atoms with Crippen molar-refractivity contribution >= 4 is 21.8 Å². The minimum Gasteiger partial charge on any atom is -0.337 e. The molecule has 140 valence electrons. The van der Waals surface area contributed by atoms with E-state index in [-0.39, 0.29) is 16.7 Å². The van der Waals surface area contributed by atoms with Gasteiger partial charge in [0, 0.05) is 20.0 Å². The molecule has 2 heterocycles. The fourth-order valence-corrected chi connectivity index (χ4v) is 5.00. The normalized spacial score (nSPS) is 15.8. The predicted molar refractivity (Wildman–Crippen MR) is 98.3 cm³/mol. The van der Waals surface area contributed by atoms with Crippen LogP contribution >= 0.6 is 0 Å². The van der Waals surface area contributed by atoms with E-state index in [1.165, 1.54) is 6.92 Å². The Morgan fingerprint density at radius 3 is 2.54 bits per heavy atom. The van der Waals surface area contributed by atoms with Crippen molar-refractivity contribution in [2.24, 2.45) is 0 Å². The number of carbonyl (C=O) groups is 1. The Bertz CT molecular complexity index is 928. The monoisotopic (exact) mass is 377 g/mol. The fourth-order valence-electron chi connectivity index (χ4n) is 3.23. The lowest BCUT2D eigenvalue weighted by molar-refractivity contribution is -0.114. The molecule has 1 aliphatic rings. The molecule has 1 aliphatic heterocycles. The van der Waals surface area contributed by atoms with Gasteiger partial charge in [0.1, 0.15) is 0 Å². The second kappa shape index (κ2) is 7.20. The SMILES string of the molecule is CC(=O)Nc1onc(C)c1-c1ccc(C)c(S(=O)(=O)N2CCCCC2)c1. The van der Waals surface area contributed by atoms with E-state index in [0.29, 0.717) is 35.5 Å². The molecular weight excluding hydrogens is 354 g/mol. The molecule has 0 bridgehead atoms. The number of aryl methyl sites for hydroxylation is 2. The molecule has 1 fully saturated rings. The molecule has 1 amide bonds. The molecule has 0 saturated carbocycles. The third-order valence-electron chi connectivity index (χ3n) is 4.56. The van der Waals surface area contributed by atoms with E-state index >= 15 is 0 Å². The summed E-state index contributed by atoms with van der Waals surface area (Å²) in [6.45, 7) is 6.02. The van der Waals surface area contributed by atoms with Gasteiger partial charge in [-0.15, -0.1) is 0 Å². The van der Waals surface area contributed by atoms with Crippen LogP contribution in [0.25, 0.3) is 11.1 Å². The number of nitrogens with one attached hydrogen (secondary N) is 1. The van der Waals surface area contributed by atoms with Gasteiger partial charge in [-0.3, -0.25) is 10.1 Å². The smallest absolute Gasteiger partial charge is 0.243 e. The molecule has 8 heteroatoms. The lowest BCUT2D eigenvalue weighted by Gasteiger charge is -2.26. The van der Waals surface area contributed by atoms with Crippen LogP contribution in [0.5, 0.6) is 0 Å². The molecule has 0 spiro atoms. The predicted octanol–water partition coefficient (Wildman–Crippen LogP) is 3.09. The second-order valence-electron chi connectivity index (χ2n) is 6.60. The zero-order valence-electron chi connectivity index (χ0n) is 15.2. The maximum Gasteiger partial charge on any atom is 0.243 e. The van der Waals surface area contributed by atoms with Gasteiger partial charge >= 0.3 is 0 Å². The number of benzene rings is 1. The van der Waals surface area contributed by atoms with Crippen LogP contribution in [-0.4, -0.2) is 36.9 Å². The van der Waals surface area contributed by atoms with E-state index in [2.05, 4.69) is 10.5 Å². The van der Waals surface area contributed by atoms with E-state index in [9.17, 15) is 13.2 Å². The van der Waals surface area contributed by atoms with Crippen molar-refractivity contribution in [1.29, 1.82) is 0 Å². The van der Waals surface area contributed by atoms with Gasteiger partial charge in [0.25, 0.3) is 0 Å². The summed E-state index contributed by atoms with van der Waals surface area (Å²) < 4.78 is 32.9. The molecule has 26 heavy (non-hydrogen) atoms. The van der Waals surface area contributed by atoms with Crippen molar-refractivity contribution in [2.75, 3.05) is 18.4 Å². The minimum absolute atomic E-state index is 0.222. The molecule has 0 aliphatic carbocycles. The summed E-state index contributed by atoms with van der Waals surface area (Å²) in [7, 11) is -3.56. The lowest BCUT2D eigenvalue weighted by atomic mass is 10.0. The Labute approximate surface area is 153 Å². The summed E-state index contributed by atoms with van der Waals surface area (Å²) in [5.41, 5.74) is 2.51. The van der Waals surface area contributed by atoms with Gasteiger partial charge < -0.3 is 4.52 Å². The number of amides is 1. The molecule has 0 radical (unpaired) electrons. The highest BCUT2D eigenvalue weighted by molar-refractivity contribution is 7.89. The van der Waals surface area contributed by atoms with Crippen molar-refractivity contribution in [1.82, 2.24) is 9.46 Å². The molecule has 1 saturated heterocycles. The summed E-state index contributed by atoms with van der Waals surface area (Å²) in [5, 5.41) is 6.50. The molecule has 1 aromatic heterocycles. The molecule has 3 rings (SSSR count). The lowest BCUT2D eigenvalue weighted by Crippen LogP contribution is -2.35. The number of sulfonamides is 1. The number of carbonyl (C=O) groups excluding carboxylic acids is 1. The third-order valence-corrected chi connectivity index (χ3v) is 6.60. The summed E-state index contributed by atoms with van der Waals surface area (Å²) in [6.07, 6.45) is 2.83. The Kier molecular flexibility index (Phi) is 5.15. The Balaban J connectivity index is 2.07. The second-order valence-corrected chi connectivity index (χ2v) is 8.50. The van der Waals surface area contributed by atoms with Gasteiger partial charge in [-0.05, 0) is 43.9 Å². The number of piperidine rings is 1. The maximum atomic E-state index is 13.1. The van der Waals surface area contributed by atoms with E-state index in [4.69, 9.17) is 4.52 Å². The first-order chi connectivity index (χ1) is 12.3. The minimum atomic E-state index is -3.56. The van der Waals surface area contributed by atoms with Crippen molar-refractivity contribution in [3.8, 4) is 11.1 Å². The number of nitrogens with zero attached hydrogens (tertiary/aromatic N) is 2. The quantitative estimate of drug-likeness (QED) is 0.884. The van der Waals surface area contributed by atoms with Crippen LogP contribution in [0.3, 0.4) is 0 Å². The zero-order valence-corrected chi connectivity index (χ0v) is 16.0. The largest absolute Gasteiger partial charge is 0.337 e. The first-order valence-electron chi connectivity index (χ1n) is 8.65. The number of hydrogen-bond acceptors (Lipinski definition) is 5. The number of anilines is 1. The summed E-state index contributed by atoms with van der Waals surface area (Å²) in [5.74, 6) is -0.0594. The third kappa shape index (κ3) is 3.52. The van der Waals surface area contributed by atoms with Crippen LogP contribution < -0.4 is 5.32 Å². The van der Waals surface area contributed by atoms with Crippen LogP contribution in [0.15, 0.2) is 27.6 Å². The zero-order chi connectivity index (χ0) is 18.9. The molecule has 7 nitrogen and oxygen atoms in total. The standard InChI is InChI=1S/C18H23N3O4S/c1-12-7-8-15(17-13(2)20-25-18(17)19-14(3)22)11-16(12)26(23,24)21-9-5-4-6-10-21/h7-8,11H,4-6,9-10H2,1-3H3,(H,19,22). The maximum absolute atomic E-state index is 13.1. The molecule has 1 N–H and O–H groups in total. The molecule has 2 aromatic rings. The summed E-state index contributed by atoms with van der Waals surface area (Å²) in [6, 6.07) is 5.23. The molecule has 0 unspecified atom stereocenters. The van der Waals surface area contributed by atoms with Gasteiger partial charge in [0.05, 0.1) is 16.2 Å². The summed E-state index contributed by atoms with van der Waals surface area (Å²) in [4.78, 5) is 11.7. The first-order valence-corrected chi connectivity index (χ1v) is 10.1. The van der Waals surface area contributed by atoms with E-state index in [0.717, 1.165) is 19.3 Å². The van der Waals surface area contributed by atoms with Crippen molar-refractivity contribution in [2.45, 2.75) is 44.9 Å². The topological polar surface area (TPSA) is 92.5 Å². The van der Waals surface area contributed by atoms with Gasteiger partial charge in [-0.1, -0.05) is 23.7 Å². The highest BCUT2D eigenvalue weighted by Gasteiger charge is 2.28. The number of hydrogen-bond donors (Lipinski definition) is 1. The van der Waals surface area contributed by atoms with Gasteiger partial charge in [0.2, 0.25) is 21.8 Å². The van der Waals surface area contributed by atoms with Crippen LogP contribution in [0.2, 0.25) is 0 Å². The van der Waals surface area contributed by atoms with E-state index < -0.39 is 10.0 Å². The van der Waals surface area contributed by atoms with Gasteiger partial charge in [-0.2, -0.15) is 4.31 Å². The van der Waals surface area contributed by atoms with Crippen LogP contribution in [0.1, 0.15) is 37.4 Å². The number of aromatic nitrogens is 1. The first kappa shape index (κ1) is 18.6. The number of rotatable bonds is 4. The van der Waals surface area contributed by atoms with E-state index in [1.54, 1.807) is 30.3 Å². The van der Waals surface area contributed by atoms with Gasteiger partial charge in [-0.25, -0.2) is 8.42 Å². The highest BCUT2D eigenvalue weighted by atomic mass is 32.2. The molecular formula is C18H23N3O4S. The average Bonchev–Trinajstić information content (AvgIpc) is 2.96. The van der Waals surface area contributed by atoms with E-state index in [1.807, 2.05) is 6.07 Å². The Hall–Kier alpha value is -2.19. The summed E-state index contributed by atoms with van der Waals surface area (Å²) >= 11 is 0. The van der Waals surface area contributed by atoms with Crippen molar-refractivity contribution in [3.63, 3.8) is 0 Å². The van der Waals surface area contributed by atoms with Crippen LogP contribution in [-0.2, 0) is 14.8 Å². The van der Waals surface area contributed by atoms with Crippen molar-refractivity contribution < 1.29 is 17.7 Å². The van der Waals surface area contributed by atoms with Crippen LogP contribution in [0.4, 0.5) is 5.88 Å². The highest BCUT2D eigenvalue weighted by Crippen LogP contribution is 2.34.